The Labute approximate surface area is 155 Å². The highest BCUT2D eigenvalue weighted by molar-refractivity contribution is 6.05. The zero-order chi connectivity index (χ0) is 18.1. The molecule has 27 heavy (non-hydrogen) atoms. The number of furan rings is 1. The molecule has 0 aliphatic heterocycles. The van der Waals surface area contributed by atoms with E-state index in [4.69, 9.17) is 4.42 Å². The topological polar surface area (TPSA) is 68.8 Å². The van der Waals surface area contributed by atoms with E-state index in [2.05, 4.69) is 44.5 Å². The third kappa shape index (κ3) is 3.01. The molecule has 0 bridgehead atoms. The van der Waals surface area contributed by atoms with Crippen molar-refractivity contribution in [2.24, 2.45) is 0 Å². The molecule has 3 heterocycles. The van der Waals surface area contributed by atoms with E-state index in [0.717, 1.165) is 23.0 Å². The van der Waals surface area contributed by atoms with Crippen LogP contribution in [0.3, 0.4) is 0 Å². The van der Waals surface area contributed by atoms with Crippen LogP contribution in [-0.4, -0.2) is 19.5 Å². The van der Waals surface area contributed by atoms with Gasteiger partial charge in [0.25, 0.3) is 0 Å². The van der Waals surface area contributed by atoms with E-state index in [0.29, 0.717) is 17.9 Å². The second-order valence-corrected chi connectivity index (χ2v) is 6.40. The van der Waals surface area contributed by atoms with Gasteiger partial charge in [0.15, 0.2) is 11.4 Å². The predicted octanol–water partition coefficient (Wildman–Crippen LogP) is 4.23. The molecular weight excluding hydrogens is 338 g/mol. The summed E-state index contributed by atoms with van der Waals surface area (Å²) in [7, 11) is 0. The van der Waals surface area contributed by atoms with Gasteiger partial charge in [0, 0.05) is 30.9 Å². The first-order chi connectivity index (χ1) is 13.4. The Balaban J connectivity index is 1.35. The maximum absolute atomic E-state index is 5.95. The van der Waals surface area contributed by atoms with E-state index < -0.39 is 0 Å². The van der Waals surface area contributed by atoms with Crippen molar-refractivity contribution in [3.63, 3.8) is 0 Å². The summed E-state index contributed by atoms with van der Waals surface area (Å²) in [6.07, 6.45) is 7.14. The highest BCUT2D eigenvalue weighted by atomic mass is 16.3. The van der Waals surface area contributed by atoms with Gasteiger partial charge in [-0.3, -0.25) is 0 Å². The number of para-hydroxylation sites is 1. The molecule has 5 rings (SSSR count). The fourth-order valence-corrected chi connectivity index (χ4v) is 3.19. The summed E-state index contributed by atoms with van der Waals surface area (Å²) < 4.78 is 8.00. The Kier molecular flexibility index (Phi) is 3.79. The first kappa shape index (κ1) is 15.6. The fraction of sp³-hybridized carbons (Fsp3) is 0.0952. The second-order valence-electron chi connectivity index (χ2n) is 6.40. The van der Waals surface area contributed by atoms with Crippen molar-refractivity contribution in [2.75, 3.05) is 5.32 Å². The number of rotatable bonds is 5. The van der Waals surface area contributed by atoms with Crippen LogP contribution in [-0.2, 0) is 13.1 Å². The number of nitrogens with one attached hydrogen (secondary N) is 1. The smallest absolute Gasteiger partial charge is 0.196 e. The first-order valence-electron chi connectivity index (χ1n) is 8.76. The van der Waals surface area contributed by atoms with Crippen LogP contribution < -0.4 is 5.32 Å². The van der Waals surface area contributed by atoms with Crippen LogP contribution in [0.4, 0.5) is 5.82 Å². The molecule has 0 saturated heterocycles. The van der Waals surface area contributed by atoms with E-state index in [1.54, 1.807) is 12.5 Å². The molecule has 3 aromatic heterocycles. The minimum Gasteiger partial charge on any atom is -0.450 e. The molecule has 0 amide bonds. The van der Waals surface area contributed by atoms with Gasteiger partial charge in [-0.15, -0.1) is 0 Å². The summed E-state index contributed by atoms with van der Waals surface area (Å²) >= 11 is 0. The Morgan fingerprint density at radius 3 is 2.67 bits per heavy atom. The lowest BCUT2D eigenvalue weighted by Gasteiger charge is -2.07. The van der Waals surface area contributed by atoms with Crippen LogP contribution in [0.2, 0.25) is 0 Å². The molecule has 2 aromatic carbocycles. The van der Waals surface area contributed by atoms with Crippen molar-refractivity contribution in [1.29, 1.82) is 0 Å². The third-order valence-electron chi connectivity index (χ3n) is 4.57. The minimum atomic E-state index is 0.661. The molecule has 0 unspecified atom stereocenters. The maximum atomic E-state index is 5.95. The molecule has 132 valence electrons. The highest BCUT2D eigenvalue weighted by Crippen LogP contribution is 2.30. The summed E-state index contributed by atoms with van der Waals surface area (Å²) in [6.45, 7) is 1.48. The van der Waals surface area contributed by atoms with Crippen molar-refractivity contribution in [3.8, 4) is 0 Å². The molecule has 0 aliphatic rings. The van der Waals surface area contributed by atoms with Crippen LogP contribution in [0.5, 0.6) is 0 Å². The third-order valence-corrected chi connectivity index (χ3v) is 4.57. The summed E-state index contributed by atoms with van der Waals surface area (Å²) in [4.78, 5) is 12.8. The molecule has 0 radical (unpaired) electrons. The quantitative estimate of drug-likeness (QED) is 0.511. The summed E-state index contributed by atoms with van der Waals surface area (Å²) in [5, 5.41) is 4.37. The SMILES string of the molecule is c1ccc2c(c1)oc1c(NCc3ccc(Cn4ccnc4)cc3)ncnc12. The Bertz CT molecular complexity index is 1190. The Morgan fingerprint density at radius 2 is 1.81 bits per heavy atom. The number of hydrogen-bond donors (Lipinski definition) is 1. The molecule has 6 heteroatoms. The molecule has 0 saturated carbocycles. The molecule has 5 aromatic rings. The van der Waals surface area contributed by atoms with Gasteiger partial charge in [-0.25, -0.2) is 15.0 Å². The fourth-order valence-electron chi connectivity index (χ4n) is 3.19. The number of fused-ring (bicyclic) bond motifs is 3. The van der Waals surface area contributed by atoms with Gasteiger partial charge in [-0.05, 0) is 23.3 Å². The van der Waals surface area contributed by atoms with Gasteiger partial charge in [-0.2, -0.15) is 0 Å². The zero-order valence-electron chi connectivity index (χ0n) is 14.5. The van der Waals surface area contributed by atoms with Crippen molar-refractivity contribution < 1.29 is 4.42 Å². The van der Waals surface area contributed by atoms with E-state index in [9.17, 15) is 0 Å². The number of hydrogen-bond acceptors (Lipinski definition) is 5. The molecule has 1 N–H and O–H groups in total. The van der Waals surface area contributed by atoms with Crippen LogP contribution >= 0.6 is 0 Å². The zero-order valence-corrected chi connectivity index (χ0v) is 14.5. The van der Waals surface area contributed by atoms with Crippen molar-refractivity contribution in [3.05, 3.63) is 84.7 Å². The summed E-state index contributed by atoms with van der Waals surface area (Å²) in [6, 6.07) is 16.4. The molecule has 0 atom stereocenters. The number of imidazole rings is 1. The maximum Gasteiger partial charge on any atom is 0.196 e. The minimum absolute atomic E-state index is 0.661. The van der Waals surface area contributed by atoms with Gasteiger partial charge in [0.05, 0.1) is 6.33 Å². The lowest BCUT2D eigenvalue weighted by molar-refractivity contribution is 0.666. The number of benzene rings is 2. The molecule has 0 spiro atoms. The standard InChI is InChI=1S/C21H17N5O/c1-2-4-18-17(3-1)19-20(27-18)21(25-13-24-19)23-11-15-5-7-16(8-6-15)12-26-10-9-22-14-26/h1-10,13-14H,11-12H2,(H,23,24,25). The van der Waals surface area contributed by atoms with E-state index in [1.165, 1.54) is 11.1 Å². The largest absolute Gasteiger partial charge is 0.450 e. The lowest BCUT2D eigenvalue weighted by atomic mass is 10.1. The van der Waals surface area contributed by atoms with Crippen LogP contribution in [0.1, 0.15) is 11.1 Å². The van der Waals surface area contributed by atoms with E-state index in [-0.39, 0.29) is 0 Å². The van der Waals surface area contributed by atoms with Gasteiger partial charge >= 0.3 is 0 Å². The molecular formula is C21H17N5O. The van der Waals surface area contributed by atoms with Gasteiger partial charge in [-0.1, -0.05) is 36.4 Å². The van der Waals surface area contributed by atoms with Crippen molar-refractivity contribution in [1.82, 2.24) is 19.5 Å². The average Bonchev–Trinajstić information content (AvgIpc) is 3.35. The van der Waals surface area contributed by atoms with Crippen LogP contribution in [0.25, 0.3) is 22.1 Å². The van der Waals surface area contributed by atoms with Crippen LogP contribution in [0, 0.1) is 0 Å². The van der Waals surface area contributed by atoms with E-state index in [1.807, 2.05) is 41.4 Å². The highest BCUT2D eigenvalue weighted by Gasteiger charge is 2.12. The number of nitrogens with zero attached hydrogens (tertiary/aromatic N) is 4. The molecule has 0 aliphatic carbocycles. The Hall–Kier alpha value is -3.67. The second kappa shape index (κ2) is 6.57. The summed E-state index contributed by atoms with van der Waals surface area (Å²) in [5.74, 6) is 0.707. The first-order valence-corrected chi connectivity index (χ1v) is 8.76. The predicted molar refractivity (Wildman–Crippen MR) is 104 cm³/mol. The van der Waals surface area contributed by atoms with Crippen LogP contribution in [0.15, 0.2) is 78.0 Å². The normalized spacial score (nSPS) is 11.3. The van der Waals surface area contributed by atoms with Gasteiger partial charge < -0.3 is 14.3 Å². The van der Waals surface area contributed by atoms with E-state index >= 15 is 0 Å². The summed E-state index contributed by atoms with van der Waals surface area (Å²) in [5.41, 5.74) is 4.75. The molecule has 0 fully saturated rings. The molecule has 6 nitrogen and oxygen atoms in total. The lowest BCUT2D eigenvalue weighted by Crippen LogP contribution is -2.02. The van der Waals surface area contributed by atoms with Crippen molar-refractivity contribution >= 4 is 27.9 Å². The van der Waals surface area contributed by atoms with Gasteiger partial charge in [0.1, 0.15) is 17.4 Å². The number of aromatic nitrogens is 4. The monoisotopic (exact) mass is 355 g/mol. The van der Waals surface area contributed by atoms with Gasteiger partial charge in [0.2, 0.25) is 0 Å². The van der Waals surface area contributed by atoms with Crippen molar-refractivity contribution in [2.45, 2.75) is 13.1 Å². The number of anilines is 1. The average molecular weight is 355 g/mol. The Morgan fingerprint density at radius 1 is 0.963 bits per heavy atom.